The standard InChI is InChI=1S/C24H35N3/c1-16(2)13-14-27(26)24-21-12-8-7-11-20(21)22(17(3)4)15-18-9-5-6-10-19(18)23(24)25/h5-12,16-17,22-24H,13-15,25-26H2,1-4H3. The molecule has 2 aromatic rings. The van der Waals surface area contributed by atoms with Crippen LogP contribution in [0.4, 0.5) is 0 Å². The summed E-state index contributed by atoms with van der Waals surface area (Å²) in [6, 6.07) is 17.3. The molecule has 3 heteroatoms. The zero-order valence-electron chi connectivity index (χ0n) is 17.2. The highest BCUT2D eigenvalue weighted by atomic mass is 15.4. The molecule has 2 aromatic carbocycles. The number of hydrogen-bond donors (Lipinski definition) is 2. The monoisotopic (exact) mass is 365 g/mol. The Morgan fingerprint density at radius 1 is 0.926 bits per heavy atom. The van der Waals surface area contributed by atoms with Gasteiger partial charge in [-0.3, -0.25) is 5.84 Å². The van der Waals surface area contributed by atoms with E-state index in [1.165, 1.54) is 22.3 Å². The molecular formula is C24H35N3. The lowest BCUT2D eigenvalue weighted by Gasteiger charge is -2.39. The third-order valence-corrected chi connectivity index (χ3v) is 6.04. The third-order valence-electron chi connectivity index (χ3n) is 6.04. The number of rotatable bonds is 5. The lowest BCUT2D eigenvalue weighted by molar-refractivity contribution is 0.162. The number of nitrogens with zero attached hydrogens (tertiary/aromatic N) is 1. The molecule has 4 N–H and O–H groups in total. The van der Waals surface area contributed by atoms with Gasteiger partial charge in [-0.05, 0) is 52.8 Å². The van der Waals surface area contributed by atoms with Crippen LogP contribution in [-0.2, 0) is 6.42 Å². The lowest BCUT2D eigenvalue weighted by atomic mass is 9.74. The van der Waals surface area contributed by atoms with Crippen molar-refractivity contribution in [2.45, 2.75) is 58.5 Å². The third kappa shape index (κ3) is 4.26. The first-order valence-electron chi connectivity index (χ1n) is 10.3. The Hall–Kier alpha value is -1.68. The molecule has 3 unspecified atom stereocenters. The lowest BCUT2D eigenvalue weighted by Crippen LogP contribution is -2.43. The predicted molar refractivity (Wildman–Crippen MR) is 114 cm³/mol. The zero-order valence-corrected chi connectivity index (χ0v) is 17.2. The molecule has 0 saturated heterocycles. The fourth-order valence-electron chi connectivity index (χ4n) is 4.40. The minimum absolute atomic E-state index is 0.0114. The smallest absolute Gasteiger partial charge is 0.0686 e. The summed E-state index contributed by atoms with van der Waals surface area (Å²) in [6.45, 7) is 9.96. The number of nitrogens with two attached hydrogens (primary N) is 2. The molecule has 3 nitrogen and oxygen atoms in total. The van der Waals surface area contributed by atoms with Crippen LogP contribution in [-0.4, -0.2) is 11.6 Å². The molecule has 146 valence electrons. The molecule has 0 spiro atoms. The van der Waals surface area contributed by atoms with Gasteiger partial charge < -0.3 is 5.73 Å². The molecule has 0 bridgehead atoms. The molecule has 3 atom stereocenters. The van der Waals surface area contributed by atoms with Gasteiger partial charge in [0.1, 0.15) is 0 Å². The van der Waals surface area contributed by atoms with Crippen LogP contribution in [0.2, 0.25) is 0 Å². The van der Waals surface area contributed by atoms with E-state index in [2.05, 4.69) is 76.2 Å². The van der Waals surface area contributed by atoms with Crippen LogP contribution in [0.15, 0.2) is 48.5 Å². The second kappa shape index (κ2) is 8.55. The van der Waals surface area contributed by atoms with Crippen LogP contribution in [0.5, 0.6) is 0 Å². The van der Waals surface area contributed by atoms with Crippen LogP contribution in [0.3, 0.4) is 0 Å². The van der Waals surface area contributed by atoms with Gasteiger partial charge in [0.05, 0.1) is 12.1 Å². The summed E-state index contributed by atoms with van der Waals surface area (Å²) < 4.78 is 0. The summed E-state index contributed by atoms with van der Waals surface area (Å²) >= 11 is 0. The number of hydrazine groups is 1. The average molecular weight is 366 g/mol. The largest absolute Gasteiger partial charge is 0.322 e. The van der Waals surface area contributed by atoms with Crippen molar-refractivity contribution in [2.75, 3.05) is 6.54 Å². The van der Waals surface area contributed by atoms with Gasteiger partial charge in [-0.25, -0.2) is 5.01 Å². The normalized spacial score (nSPS) is 22.5. The van der Waals surface area contributed by atoms with Crippen molar-refractivity contribution in [1.29, 1.82) is 0 Å². The first-order valence-corrected chi connectivity index (χ1v) is 10.3. The second-order valence-electron chi connectivity index (χ2n) is 8.77. The van der Waals surface area contributed by atoms with E-state index in [1.54, 1.807) is 0 Å². The van der Waals surface area contributed by atoms with Crippen molar-refractivity contribution < 1.29 is 0 Å². The van der Waals surface area contributed by atoms with Crippen molar-refractivity contribution in [2.24, 2.45) is 23.4 Å². The summed E-state index contributed by atoms with van der Waals surface area (Å²) in [7, 11) is 0. The molecule has 0 fully saturated rings. The molecule has 0 aromatic heterocycles. The molecule has 0 heterocycles. The highest BCUT2D eigenvalue weighted by Gasteiger charge is 2.34. The zero-order chi connectivity index (χ0) is 19.6. The topological polar surface area (TPSA) is 55.3 Å². The minimum atomic E-state index is -0.132. The van der Waals surface area contributed by atoms with Gasteiger partial charge in [0, 0.05) is 6.54 Å². The Balaban J connectivity index is 2.12. The van der Waals surface area contributed by atoms with Crippen molar-refractivity contribution in [3.8, 4) is 0 Å². The van der Waals surface area contributed by atoms with E-state index in [0.29, 0.717) is 17.8 Å². The fraction of sp³-hybridized carbons (Fsp3) is 0.500. The fourth-order valence-corrected chi connectivity index (χ4v) is 4.40. The Bertz CT molecular complexity index is 753. The first kappa shape index (κ1) is 20.1. The van der Waals surface area contributed by atoms with E-state index >= 15 is 0 Å². The van der Waals surface area contributed by atoms with E-state index in [0.717, 1.165) is 19.4 Å². The van der Waals surface area contributed by atoms with Gasteiger partial charge in [0.2, 0.25) is 0 Å². The Morgan fingerprint density at radius 3 is 2.15 bits per heavy atom. The number of hydrogen-bond acceptors (Lipinski definition) is 3. The van der Waals surface area contributed by atoms with Gasteiger partial charge in [0.15, 0.2) is 0 Å². The van der Waals surface area contributed by atoms with Gasteiger partial charge >= 0.3 is 0 Å². The molecule has 0 amide bonds. The van der Waals surface area contributed by atoms with Crippen LogP contribution in [0, 0.1) is 11.8 Å². The van der Waals surface area contributed by atoms with Crippen LogP contribution < -0.4 is 11.6 Å². The van der Waals surface area contributed by atoms with E-state index < -0.39 is 0 Å². The Morgan fingerprint density at radius 2 is 1.52 bits per heavy atom. The van der Waals surface area contributed by atoms with Gasteiger partial charge in [-0.1, -0.05) is 76.2 Å². The van der Waals surface area contributed by atoms with E-state index in [9.17, 15) is 0 Å². The Kier molecular flexibility index (Phi) is 6.36. The second-order valence-corrected chi connectivity index (χ2v) is 8.77. The molecular weight excluding hydrogens is 330 g/mol. The molecule has 1 aliphatic rings. The molecule has 27 heavy (non-hydrogen) atoms. The number of benzene rings is 2. The first-order chi connectivity index (χ1) is 12.9. The summed E-state index contributed by atoms with van der Waals surface area (Å²) in [4.78, 5) is 0. The van der Waals surface area contributed by atoms with Crippen molar-refractivity contribution in [3.63, 3.8) is 0 Å². The maximum atomic E-state index is 6.88. The quantitative estimate of drug-likeness (QED) is 0.582. The van der Waals surface area contributed by atoms with Gasteiger partial charge in [-0.2, -0.15) is 0 Å². The maximum Gasteiger partial charge on any atom is 0.0686 e. The molecule has 1 aliphatic carbocycles. The minimum Gasteiger partial charge on any atom is -0.322 e. The van der Waals surface area contributed by atoms with E-state index in [1.807, 2.05) is 5.01 Å². The SMILES string of the molecule is CC(C)CCN(N)C1c2ccccc2C(C(C)C)Cc2ccccc2C1N. The van der Waals surface area contributed by atoms with Crippen molar-refractivity contribution in [3.05, 3.63) is 70.8 Å². The van der Waals surface area contributed by atoms with Gasteiger partial charge in [0.25, 0.3) is 0 Å². The van der Waals surface area contributed by atoms with Crippen LogP contribution >= 0.6 is 0 Å². The summed E-state index contributed by atoms with van der Waals surface area (Å²) in [5.41, 5.74) is 12.2. The summed E-state index contributed by atoms with van der Waals surface area (Å²) in [5.74, 6) is 8.29. The van der Waals surface area contributed by atoms with Crippen LogP contribution in [0.1, 0.15) is 74.4 Å². The highest BCUT2D eigenvalue weighted by molar-refractivity contribution is 5.42. The predicted octanol–water partition coefficient (Wildman–Crippen LogP) is 4.95. The molecule has 0 radical (unpaired) electrons. The van der Waals surface area contributed by atoms with Crippen LogP contribution in [0.25, 0.3) is 0 Å². The maximum absolute atomic E-state index is 6.88. The summed E-state index contributed by atoms with van der Waals surface area (Å²) in [5, 5.41) is 1.99. The number of fused-ring (bicyclic) bond motifs is 2. The molecule has 0 aliphatic heterocycles. The van der Waals surface area contributed by atoms with E-state index in [-0.39, 0.29) is 12.1 Å². The highest BCUT2D eigenvalue weighted by Crippen LogP contribution is 2.43. The summed E-state index contributed by atoms with van der Waals surface area (Å²) in [6.07, 6.45) is 2.10. The van der Waals surface area contributed by atoms with Crippen molar-refractivity contribution >= 4 is 0 Å². The van der Waals surface area contributed by atoms with Crippen molar-refractivity contribution in [1.82, 2.24) is 5.01 Å². The molecule has 3 rings (SSSR count). The average Bonchev–Trinajstić information content (AvgIpc) is 2.64. The molecule has 0 saturated carbocycles. The van der Waals surface area contributed by atoms with Gasteiger partial charge in [-0.15, -0.1) is 0 Å². The van der Waals surface area contributed by atoms with E-state index in [4.69, 9.17) is 11.6 Å². The Labute approximate surface area is 164 Å².